The zero-order valence-corrected chi connectivity index (χ0v) is 12.9. The first kappa shape index (κ1) is 14.6. The number of carbonyl (C=O) groups excluding carboxylic acids is 1. The van der Waals surface area contributed by atoms with Crippen LogP contribution in [0.3, 0.4) is 0 Å². The molecule has 0 amide bonds. The standard InChI is InChI=1S/C15H15ClOS2/c16-13-7-5-12(6-8-13)11-18-9-1-3-14(17)15-4-2-10-19-15/h2,4-8,10H,1,3,9,11H2. The molecule has 0 atom stereocenters. The van der Waals surface area contributed by atoms with Gasteiger partial charge < -0.3 is 0 Å². The fraction of sp³-hybridized carbons (Fsp3) is 0.267. The highest BCUT2D eigenvalue weighted by Crippen LogP contribution is 2.18. The molecular formula is C15H15ClOS2. The molecule has 1 aromatic heterocycles. The number of carbonyl (C=O) groups is 1. The summed E-state index contributed by atoms with van der Waals surface area (Å²) in [5.41, 5.74) is 1.28. The zero-order valence-electron chi connectivity index (χ0n) is 10.5. The van der Waals surface area contributed by atoms with E-state index in [1.807, 2.05) is 53.5 Å². The Balaban J connectivity index is 1.62. The zero-order chi connectivity index (χ0) is 13.5. The number of hydrogen-bond acceptors (Lipinski definition) is 3. The average Bonchev–Trinajstić information content (AvgIpc) is 2.94. The Morgan fingerprint density at radius 3 is 2.68 bits per heavy atom. The molecule has 0 unspecified atom stereocenters. The van der Waals surface area contributed by atoms with Crippen molar-refractivity contribution in [3.63, 3.8) is 0 Å². The van der Waals surface area contributed by atoms with E-state index in [2.05, 4.69) is 0 Å². The van der Waals surface area contributed by atoms with E-state index in [0.29, 0.717) is 6.42 Å². The minimum atomic E-state index is 0.266. The molecule has 1 nitrogen and oxygen atoms in total. The highest BCUT2D eigenvalue weighted by molar-refractivity contribution is 7.98. The van der Waals surface area contributed by atoms with E-state index < -0.39 is 0 Å². The van der Waals surface area contributed by atoms with Crippen molar-refractivity contribution >= 4 is 40.5 Å². The SMILES string of the molecule is O=C(CCCSCc1ccc(Cl)cc1)c1cccs1. The molecule has 4 heteroatoms. The van der Waals surface area contributed by atoms with Crippen LogP contribution in [0, 0.1) is 0 Å². The second-order valence-electron chi connectivity index (χ2n) is 4.18. The van der Waals surface area contributed by atoms with Gasteiger partial charge in [-0.25, -0.2) is 0 Å². The molecule has 0 radical (unpaired) electrons. The third-order valence-corrected chi connectivity index (χ3v) is 4.95. The summed E-state index contributed by atoms with van der Waals surface area (Å²) in [5.74, 6) is 2.26. The van der Waals surface area contributed by atoms with E-state index in [4.69, 9.17) is 11.6 Å². The first-order valence-corrected chi connectivity index (χ1v) is 8.56. The van der Waals surface area contributed by atoms with Crippen LogP contribution in [0.15, 0.2) is 41.8 Å². The van der Waals surface area contributed by atoms with Crippen LogP contribution in [0.4, 0.5) is 0 Å². The number of ketones is 1. The lowest BCUT2D eigenvalue weighted by Crippen LogP contribution is -1.96. The molecule has 1 aromatic carbocycles. The third-order valence-electron chi connectivity index (χ3n) is 2.67. The van der Waals surface area contributed by atoms with Gasteiger partial charge in [-0.3, -0.25) is 4.79 Å². The van der Waals surface area contributed by atoms with Crippen LogP contribution in [-0.2, 0) is 5.75 Å². The summed E-state index contributed by atoms with van der Waals surface area (Å²) < 4.78 is 0. The first-order valence-electron chi connectivity index (χ1n) is 6.14. The molecule has 1 heterocycles. The second kappa shape index (κ2) is 7.73. The van der Waals surface area contributed by atoms with Crippen molar-refractivity contribution < 1.29 is 4.79 Å². The maximum atomic E-state index is 11.8. The van der Waals surface area contributed by atoms with E-state index in [-0.39, 0.29) is 5.78 Å². The van der Waals surface area contributed by atoms with Crippen LogP contribution < -0.4 is 0 Å². The van der Waals surface area contributed by atoms with Gasteiger partial charge in [0.1, 0.15) is 0 Å². The van der Waals surface area contributed by atoms with Crippen LogP contribution in [0.25, 0.3) is 0 Å². The molecule has 2 aromatic rings. The summed E-state index contributed by atoms with van der Waals surface area (Å²) in [5, 5.41) is 2.72. The second-order valence-corrected chi connectivity index (χ2v) is 6.67. The predicted molar refractivity (Wildman–Crippen MR) is 85.5 cm³/mol. The fourth-order valence-electron chi connectivity index (χ4n) is 1.67. The van der Waals surface area contributed by atoms with Crippen molar-refractivity contribution in [3.8, 4) is 0 Å². The van der Waals surface area contributed by atoms with Gasteiger partial charge in [0.2, 0.25) is 0 Å². The van der Waals surface area contributed by atoms with Crippen molar-refractivity contribution in [2.45, 2.75) is 18.6 Å². The monoisotopic (exact) mass is 310 g/mol. The van der Waals surface area contributed by atoms with Crippen molar-refractivity contribution in [2.75, 3.05) is 5.75 Å². The molecule has 0 spiro atoms. The Bertz CT molecular complexity index is 505. The fourth-order valence-corrected chi connectivity index (χ4v) is 3.41. The molecule has 0 aliphatic rings. The molecule has 2 rings (SSSR count). The van der Waals surface area contributed by atoms with Gasteiger partial charge in [-0.05, 0) is 41.3 Å². The summed E-state index contributed by atoms with van der Waals surface area (Å²) in [6.45, 7) is 0. The van der Waals surface area contributed by atoms with Crippen LogP contribution in [0.2, 0.25) is 5.02 Å². The molecular weight excluding hydrogens is 296 g/mol. The van der Waals surface area contributed by atoms with Gasteiger partial charge in [0.25, 0.3) is 0 Å². The van der Waals surface area contributed by atoms with Crippen molar-refractivity contribution in [3.05, 3.63) is 57.2 Å². The highest BCUT2D eigenvalue weighted by atomic mass is 35.5. The minimum absolute atomic E-state index is 0.266. The normalized spacial score (nSPS) is 10.6. The first-order chi connectivity index (χ1) is 9.25. The minimum Gasteiger partial charge on any atom is -0.293 e. The number of thioether (sulfide) groups is 1. The number of Topliss-reactive ketones (excluding diaryl/α,β-unsaturated/α-hetero) is 1. The van der Waals surface area contributed by atoms with Crippen LogP contribution in [0.5, 0.6) is 0 Å². The molecule has 0 fully saturated rings. The Morgan fingerprint density at radius 2 is 2.00 bits per heavy atom. The summed E-state index contributed by atoms with van der Waals surface area (Å²) in [4.78, 5) is 12.6. The van der Waals surface area contributed by atoms with Gasteiger partial charge in [-0.1, -0.05) is 29.8 Å². The van der Waals surface area contributed by atoms with Crippen LogP contribution in [0.1, 0.15) is 28.1 Å². The smallest absolute Gasteiger partial charge is 0.172 e. The lowest BCUT2D eigenvalue weighted by atomic mass is 10.2. The number of rotatable bonds is 7. The summed E-state index contributed by atoms with van der Waals surface area (Å²) >= 11 is 9.22. The van der Waals surface area contributed by atoms with Gasteiger partial charge in [-0.15, -0.1) is 11.3 Å². The molecule has 0 aliphatic carbocycles. The summed E-state index contributed by atoms with van der Waals surface area (Å²) in [6, 6.07) is 11.7. The highest BCUT2D eigenvalue weighted by Gasteiger charge is 2.05. The molecule has 0 aliphatic heterocycles. The number of hydrogen-bond donors (Lipinski definition) is 0. The van der Waals surface area contributed by atoms with E-state index >= 15 is 0 Å². The Morgan fingerprint density at radius 1 is 1.21 bits per heavy atom. The maximum absolute atomic E-state index is 11.8. The molecule has 0 saturated heterocycles. The van der Waals surface area contributed by atoms with E-state index in [9.17, 15) is 4.79 Å². The molecule has 0 bridgehead atoms. The molecule has 0 saturated carbocycles. The number of benzene rings is 1. The summed E-state index contributed by atoms with van der Waals surface area (Å²) in [7, 11) is 0. The van der Waals surface area contributed by atoms with E-state index in [1.54, 1.807) is 0 Å². The summed E-state index contributed by atoms with van der Waals surface area (Å²) in [6.07, 6.45) is 1.59. The number of thiophene rings is 1. The molecule has 19 heavy (non-hydrogen) atoms. The van der Waals surface area contributed by atoms with E-state index in [1.165, 1.54) is 16.9 Å². The van der Waals surface area contributed by atoms with Gasteiger partial charge >= 0.3 is 0 Å². The Hall–Kier alpha value is -0.770. The largest absolute Gasteiger partial charge is 0.293 e. The lowest BCUT2D eigenvalue weighted by molar-refractivity contribution is 0.0986. The molecule has 0 N–H and O–H groups in total. The maximum Gasteiger partial charge on any atom is 0.172 e. The van der Waals surface area contributed by atoms with Crippen LogP contribution >= 0.6 is 34.7 Å². The van der Waals surface area contributed by atoms with Gasteiger partial charge in [0, 0.05) is 17.2 Å². The third kappa shape index (κ3) is 5.01. The quantitative estimate of drug-likeness (QED) is 0.510. The van der Waals surface area contributed by atoms with Crippen molar-refractivity contribution in [1.82, 2.24) is 0 Å². The van der Waals surface area contributed by atoms with Gasteiger partial charge in [0.05, 0.1) is 4.88 Å². The molecule has 100 valence electrons. The predicted octanol–water partition coefficient (Wildman–Crippen LogP) is 5.30. The Labute approximate surface area is 127 Å². The topological polar surface area (TPSA) is 17.1 Å². The van der Waals surface area contributed by atoms with Crippen molar-refractivity contribution in [1.29, 1.82) is 0 Å². The van der Waals surface area contributed by atoms with E-state index in [0.717, 1.165) is 27.8 Å². The van der Waals surface area contributed by atoms with Crippen molar-refractivity contribution in [2.24, 2.45) is 0 Å². The Kier molecular flexibility index (Phi) is 5.95. The van der Waals surface area contributed by atoms with Crippen LogP contribution in [-0.4, -0.2) is 11.5 Å². The number of halogens is 1. The van der Waals surface area contributed by atoms with Gasteiger partial charge in [0.15, 0.2) is 5.78 Å². The lowest BCUT2D eigenvalue weighted by Gasteiger charge is -2.02. The average molecular weight is 311 g/mol. The van der Waals surface area contributed by atoms with Gasteiger partial charge in [-0.2, -0.15) is 11.8 Å².